The molecule has 3 rings (SSSR count). The molecule has 156 valence electrons. The number of methoxy groups -OCH3 is 1. The third-order valence-corrected chi connectivity index (χ3v) is 5.36. The summed E-state index contributed by atoms with van der Waals surface area (Å²) in [5.41, 5.74) is 2.76. The van der Waals surface area contributed by atoms with Crippen molar-refractivity contribution in [2.24, 2.45) is 0 Å². The number of hydrogen-bond acceptors (Lipinski definition) is 4. The van der Waals surface area contributed by atoms with Crippen molar-refractivity contribution in [1.82, 2.24) is 0 Å². The number of amides is 1. The molecule has 0 saturated heterocycles. The maximum absolute atomic E-state index is 12.2. The minimum Gasteiger partial charge on any atom is -0.493 e. The van der Waals surface area contributed by atoms with Gasteiger partial charge in [-0.3, -0.25) is 4.79 Å². The van der Waals surface area contributed by atoms with E-state index in [9.17, 15) is 10.1 Å². The predicted molar refractivity (Wildman–Crippen MR) is 129 cm³/mol. The van der Waals surface area contributed by atoms with Crippen LogP contribution in [0.15, 0.2) is 75.7 Å². The zero-order valence-electron chi connectivity index (χ0n) is 16.6. The molecule has 0 aliphatic rings. The van der Waals surface area contributed by atoms with Crippen molar-refractivity contribution < 1.29 is 14.3 Å². The second kappa shape index (κ2) is 10.8. The summed E-state index contributed by atoms with van der Waals surface area (Å²) >= 11 is 6.87. The summed E-state index contributed by atoms with van der Waals surface area (Å²) in [5, 5.41) is 12.4. The normalized spacial score (nSPS) is 10.8. The third-order valence-electron chi connectivity index (χ3n) is 4.24. The van der Waals surface area contributed by atoms with E-state index in [0.29, 0.717) is 27.2 Å². The lowest BCUT2D eigenvalue weighted by atomic mass is 10.0. The van der Waals surface area contributed by atoms with Crippen LogP contribution in [0.5, 0.6) is 11.5 Å². The van der Waals surface area contributed by atoms with Crippen LogP contribution in [0.2, 0.25) is 0 Å². The van der Waals surface area contributed by atoms with E-state index in [2.05, 4.69) is 43.2 Å². The molecule has 0 aliphatic carbocycles. The van der Waals surface area contributed by atoms with Crippen LogP contribution in [0.3, 0.4) is 0 Å². The number of nitrogens with one attached hydrogen (secondary N) is 1. The zero-order valence-corrected chi connectivity index (χ0v) is 19.7. The topological polar surface area (TPSA) is 71.3 Å². The number of carbonyl (C=O) groups excluding carboxylic acids is 1. The van der Waals surface area contributed by atoms with E-state index in [-0.39, 0.29) is 12.5 Å². The first-order valence-corrected chi connectivity index (χ1v) is 10.8. The van der Waals surface area contributed by atoms with Crippen molar-refractivity contribution >= 4 is 55.1 Å². The van der Waals surface area contributed by atoms with Crippen LogP contribution in [0.25, 0.3) is 11.6 Å². The Bertz CT molecular complexity index is 1140. The highest BCUT2D eigenvalue weighted by molar-refractivity contribution is 9.10. The molecule has 0 bridgehead atoms. The molecule has 0 aromatic heterocycles. The Labute approximate surface area is 197 Å². The quantitative estimate of drug-likeness (QED) is 0.281. The van der Waals surface area contributed by atoms with Gasteiger partial charge in [0.05, 0.1) is 23.2 Å². The lowest BCUT2D eigenvalue weighted by molar-refractivity contribution is -0.118. The second-order valence-corrected chi connectivity index (χ2v) is 8.18. The monoisotopic (exact) mass is 540 g/mol. The van der Waals surface area contributed by atoms with Crippen LogP contribution >= 0.6 is 31.9 Å². The lowest BCUT2D eigenvalue weighted by Gasteiger charge is -2.14. The van der Waals surface area contributed by atoms with Gasteiger partial charge in [0.2, 0.25) is 0 Å². The summed E-state index contributed by atoms with van der Waals surface area (Å²) in [6.07, 6.45) is 1.77. The van der Waals surface area contributed by atoms with E-state index in [4.69, 9.17) is 9.47 Å². The summed E-state index contributed by atoms with van der Waals surface area (Å²) < 4.78 is 12.7. The molecular formula is C24H18Br2N2O3. The highest BCUT2D eigenvalue weighted by Crippen LogP contribution is 2.37. The molecule has 0 heterocycles. The van der Waals surface area contributed by atoms with E-state index in [0.717, 1.165) is 15.6 Å². The molecule has 3 aromatic carbocycles. The van der Waals surface area contributed by atoms with Crippen molar-refractivity contribution in [3.63, 3.8) is 0 Å². The zero-order chi connectivity index (χ0) is 22.2. The van der Waals surface area contributed by atoms with Crippen molar-refractivity contribution in [3.8, 4) is 17.6 Å². The van der Waals surface area contributed by atoms with E-state index < -0.39 is 0 Å². The Morgan fingerprint density at radius 1 is 1.10 bits per heavy atom. The molecule has 0 fully saturated rings. The number of hydrogen-bond donors (Lipinski definition) is 1. The molecule has 1 amide bonds. The fourth-order valence-electron chi connectivity index (χ4n) is 2.80. The van der Waals surface area contributed by atoms with Gasteiger partial charge in [0.1, 0.15) is 0 Å². The smallest absolute Gasteiger partial charge is 0.262 e. The van der Waals surface area contributed by atoms with Crippen LogP contribution in [0.1, 0.15) is 11.1 Å². The molecular weight excluding hydrogens is 524 g/mol. The van der Waals surface area contributed by atoms with Crippen LogP contribution in [0.4, 0.5) is 5.69 Å². The molecule has 0 aliphatic heterocycles. The first-order valence-electron chi connectivity index (χ1n) is 9.23. The van der Waals surface area contributed by atoms with Gasteiger partial charge in [-0.1, -0.05) is 46.3 Å². The second-order valence-electron chi connectivity index (χ2n) is 6.41. The van der Waals surface area contributed by atoms with Gasteiger partial charge in [0, 0.05) is 10.2 Å². The molecule has 7 heteroatoms. The van der Waals surface area contributed by atoms with E-state index in [1.54, 1.807) is 24.3 Å². The highest BCUT2D eigenvalue weighted by atomic mass is 79.9. The molecule has 0 saturated carbocycles. The molecule has 1 N–H and O–H groups in total. The van der Waals surface area contributed by atoms with Crippen molar-refractivity contribution in [2.75, 3.05) is 19.0 Å². The van der Waals surface area contributed by atoms with Crippen LogP contribution < -0.4 is 14.8 Å². The molecule has 31 heavy (non-hydrogen) atoms. The van der Waals surface area contributed by atoms with Gasteiger partial charge in [0.25, 0.3) is 5.91 Å². The Kier molecular flexibility index (Phi) is 7.88. The highest BCUT2D eigenvalue weighted by Gasteiger charge is 2.14. The standard InChI is InChI=1S/C24H18Br2N2O3/c1-30-22-13-16(11-18(14-27)17-7-9-19(25)10-8-17)12-21(26)24(22)31-15-23(29)28-20-5-3-2-4-6-20/h2-13H,15H2,1H3,(H,28,29)/b18-11+. The maximum Gasteiger partial charge on any atom is 0.262 e. The van der Waals surface area contributed by atoms with Gasteiger partial charge in [-0.15, -0.1) is 0 Å². The average Bonchev–Trinajstić information content (AvgIpc) is 2.77. The maximum atomic E-state index is 12.2. The number of ether oxygens (including phenoxy) is 2. The Morgan fingerprint density at radius 3 is 2.45 bits per heavy atom. The molecule has 0 spiro atoms. The van der Waals surface area contributed by atoms with Crippen molar-refractivity contribution in [3.05, 3.63) is 86.8 Å². The van der Waals surface area contributed by atoms with Gasteiger partial charge < -0.3 is 14.8 Å². The molecule has 0 unspecified atom stereocenters. The molecule has 0 atom stereocenters. The number of halogens is 2. The van der Waals surface area contributed by atoms with Crippen LogP contribution in [-0.2, 0) is 4.79 Å². The van der Waals surface area contributed by atoms with E-state index in [1.807, 2.05) is 48.5 Å². The summed E-state index contributed by atoms with van der Waals surface area (Å²) in [7, 11) is 1.52. The average molecular weight is 542 g/mol. The number of nitrogens with zero attached hydrogens (tertiary/aromatic N) is 1. The lowest BCUT2D eigenvalue weighted by Crippen LogP contribution is -2.20. The Balaban J connectivity index is 1.78. The van der Waals surface area contributed by atoms with E-state index >= 15 is 0 Å². The number of nitriles is 1. The minimum atomic E-state index is -0.286. The number of para-hydroxylation sites is 1. The van der Waals surface area contributed by atoms with Gasteiger partial charge in [0.15, 0.2) is 18.1 Å². The van der Waals surface area contributed by atoms with Gasteiger partial charge >= 0.3 is 0 Å². The first-order chi connectivity index (χ1) is 15.0. The fraction of sp³-hybridized carbons (Fsp3) is 0.0833. The fourth-order valence-corrected chi connectivity index (χ4v) is 3.63. The first kappa shape index (κ1) is 22.6. The van der Waals surface area contributed by atoms with Crippen LogP contribution in [0, 0.1) is 11.3 Å². The van der Waals surface area contributed by atoms with Gasteiger partial charge in [-0.25, -0.2) is 0 Å². The number of allylic oxidation sites excluding steroid dienone is 1. The Morgan fingerprint density at radius 2 is 1.81 bits per heavy atom. The Hall–Kier alpha value is -3.08. The summed E-state index contributed by atoms with van der Waals surface area (Å²) in [6, 6.07) is 22.4. The summed E-state index contributed by atoms with van der Waals surface area (Å²) in [6.45, 7) is -0.179. The largest absolute Gasteiger partial charge is 0.493 e. The SMILES string of the molecule is COc1cc(/C=C(\C#N)c2ccc(Br)cc2)cc(Br)c1OCC(=O)Nc1ccccc1. The molecule has 0 radical (unpaired) electrons. The van der Waals surface area contributed by atoms with Crippen molar-refractivity contribution in [2.45, 2.75) is 0 Å². The number of anilines is 1. The summed E-state index contributed by atoms with van der Waals surface area (Å²) in [5.74, 6) is 0.567. The number of rotatable bonds is 7. The minimum absolute atomic E-state index is 0.179. The number of carbonyl (C=O) groups is 1. The molecule has 5 nitrogen and oxygen atoms in total. The number of benzene rings is 3. The molecule has 3 aromatic rings. The van der Waals surface area contributed by atoms with Gasteiger partial charge in [-0.2, -0.15) is 5.26 Å². The van der Waals surface area contributed by atoms with E-state index in [1.165, 1.54) is 7.11 Å². The van der Waals surface area contributed by atoms with Crippen molar-refractivity contribution in [1.29, 1.82) is 5.26 Å². The summed E-state index contributed by atoms with van der Waals surface area (Å²) in [4.78, 5) is 12.2. The predicted octanol–water partition coefficient (Wildman–Crippen LogP) is 6.30. The third kappa shape index (κ3) is 6.20. The van der Waals surface area contributed by atoms with Gasteiger partial charge in [-0.05, 0) is 69.5 Å². The van der Waals surface area contributed by atoms with Crippen LogP contribution in [-0.4, -0.2) is 19.6 Å².